The third-order valence-corrected chi connectivity index (χ3v) is 5.64. The second-order valence-corrected chi connectivity index (χ2v) is 8.61. The summed E-state index contributed by atoms with van der Waals surface area (Å²) in [7, 11) is 1.72. The van der Waals surface area contributed by atoms with Crippen LogP contribution in [0.3, 0.4) is 0 Å². The summed E-state index contributed by atoms with van der Waals surface area (Å²) in [4.78, 5) is 16.9. The van der Waals surface area contributed by atoms with Crippen molar-refractivity contribution in [3.63, 3.8) is 0 Å². The second-order valence-electron chi connectivity index (χ2n) is 6.76. The smallest absolute Gasteiger partial charge is 0.272 e. The predicted molar refractivity (Wildman–Crippen MR) is 98.3 cm³/mol. The summed E-state index contributed by atoms with van der Waals surface area (Å²) in [6, 6.07) is 1.93. The highest BCUT2D eigenvalue weighted by Gasteiger charge is 2.20. The summed E-state index contributed by atoms with van der Waals surface area (Å²) in [5, 5.41) is 18.3. The number of hydrogen-bond donors (Lipinski definition) is 1. The molecule has 8 nitrogen and oxygen atoms in total. The van der Waals surface area contributed by atoms with E-state index < -0.39 is 0 Å². The first-order chi connectivity index (χ1) is 11.9. The molecular formula is C15H17N7OS2. The SMILES string of the molecule is Cn1c(=O)c2sccc2n2c(CSc3n[nH]c(C(C)(C)C)n3)nnc12. The molecule has 25 heavy (non-hydrogen) atoms. The van der Waals surface area contributed by atoms with Gasteiger partial charge in [-0.15, -0.1) is 26.6 Å². The molecule has 4 aromatic rings. The third kappa shape index (κ3) is 2.65. The number of thioether (sulfide) groups is 1. The zero-order valence-corrected chi connectivity index (χ0v) is 15.9. The number of H-pyrrole nitrogens is 1. The monoisotopic (exact) mass is 375 g/mol. The van der Waals surface area contributed by atoms with Gasteiger partial charge < -0.3 is 0 Å². The van der Waals surface area contributed by atoms with Crippen LogP contribution in [0.5, 0.6) is 0 Å². The molecule has 0 fully saturated rings. The van der Waals surface area contributed by atoms with Gasteiger partial charge in [-0.05, 0) is 11.4 Å². The second kappa shape index (κ2) is 5.67. The lowest BCUT2D eigenvalue weighted by Gasteiger charge is -2.12. The van der Waals surface area contributed by atoms with Crippen molar-refractivity contribution >= 4 is 39.1 Å². The summed E-state index contributed by atoms with van der Waals surface area (Å²) in [6.45, 7) is 6.26. The van der Waals surface area contributed by atoms with Crippen LogP contribution in [0, 0.1) is 0 Å². The van der Waals surface area contributed by atoms with E-state index in [1.165, 1.54) is 27.7 Å². The van der Waals surface area contributed by atoms with Crippen molar-refractivity contribution in [2.45, 2.75) is 37.1 Å². The van der Waals surface area contributed by atoms with Crippen molar-refractivity contribution in [3.05, 3.63) is 33.4 Å². The van der Waals surface area contributed by atoms with Crippen molar-refractivity contribution < 1.29 is 0 Å². The Morgan fingerprint density at radius 2 is 2.12 bits per heavy atom. The van der Waals surface area contributed by atoms with Gasteiger partial charge in [-0.2, -0.15) is 0 Å². The van der Waals surface area contributed by atoms with Crippen molar-refractivity contribution in [2.24, 2.45) is 7.05 Å². The van der Waals surface area contributed by atoms with Crippen LogP contribution in [-0.2, 0) is 18.2 Å². The predicted octanol–water partition coefficient (Wildman–Crippen LogP) is 2.35. The van der Waals surface area contributed by atoms with Crippen molar-refractivity contribution in [3.8, 4) is 0 Å². The number of aromatic amines is 1. The van der Waals surface area contributed by atoms with E-state index in [-0.39, 0.29) is 11.0 Å². The Labute approximate surface area is 151 Å². The Bertz CT molecular complexity index is 1130. The van der Waals surface area contributed by atoms with Crippen LogP contribution in [0.4, 0.5) is 0 Å². The molecule has 0 amide bonds. The van der Waals surface area contributed by atoms with Gasteiger partial charge in [0.25, 0.3) is 5.56 Å². The van der Waals surface area contributed by atoms with Gasteiger partial charge in [0, 0.05) is 12.5 Å². The first-order valence-corrected chi connectivity index (χ1v) is 9.58. The van der Waals surface area contributed by atoms with Crippen LogP contribution in [0.25, 0.3) is 16.0 Å². The maximum atomic E-state index is 12.4. The van der Waals surface area contributed by atoms with Crippen LogP contribution in [-0.4, -0.2) is 34.3 Å². The number of rotatable bonds is 3. The van der Waals surface area contributed by atoms with Crippen LogP contribution >= 0.6 is 23.1 Å². The number of aromatic nitrogens is 7. The molecule has 130 valence electrons. The van der Waals surface area contributed by atoms with Crippen molar-refractivity contribution in [1.82, 2.24) is 34.3 Å². The average molecular weight is 375 g/mol. The first-order valence-electron chi connectivity index (χ1n) is 7.72. The van der Waals surface area contributed by atoms with Crippen LogP contribution in [0.15, 0.2) is 21.4 Å². The molecule has 0 aliphatic heterocycles. The van der Waals surface area contributed by atoms with Crippen molar-refractivity contribution in [2.75, 3.05) is 0 Å². The molecule has 0 aromatic carbocycles. The van der Waals surface area contributed by atoms with Crippen LogP contribution in [0.1, 0.15) is 32.4 Å². The molecular weight excluding hydrogens is 358 g/mol. The fourth-order valence-electron chi connectivity index (χ4n) is 2.52. The Balaban J connectivity index is 1.71. The van der Waals surface area contributed by atoms with E-state index in [9.17, 15) is 4.79 Å². The summed E-state index contributed by atoms with van der Waals surface area (Å²) in [6.07, 6.45) is 0. The Morgan fingerprint density at radius 1 is 1.32 bits per heavy atom. The standard InChI is InChI=1S/C15H17N7OS2/c1-15(2,3)12-16-13(19-18-12)25-7-9-17-20-14-21(4)11(23)10-8(22(9)14)5-6-24-10/h5-6H,7H2,1-4H3,(H,16,18,19). The number of hydrogen-bond acceptors (Lipinski definition) is 7. The summed E-state index contributed by atoms with van der Waals surface area (Å²) in [5.74, 6) is 2.72. The normalized spacial score (nSPS) is 12.5. The molecule has 0 radical (unpaired) electrons. The van der Waals surface area contributed by atoms with Crippen LogP contribution in [0.2, 0.25) is 0 Å². The highest BCUT2D eigenvalue weighted by Crippen LogP contribution is 2.25. The van der Waals surface area contributed by atoms with E-state index >= 15 is 0 Å². The lowest BCUT2D eigenvalue weighted by molar-refractivity contribution is 0.547. The number of nitrogens with zero attached hydrogens (tertiary/aromatic N) is 6. The molecule has 10 heteroatoms. The van der Waals surface area contributed by atoms with Crippen LogP contribution < -0.4 is 5.56 Å². The van der Waals surface area contributed by atoms with E-state index in [1.807, 2.05) is 15.8 Å². The van der Waals surface area contributed by atoms with Gasteiger partial charge in [-0.1, -0.05) is 32.5 Å². The summed E-state index contributed by atoms with van der Waals surface area (Å²) < 4.78 is 4.16. The Kier molecular flexibility index (Phi) is 3.69. The Hall–Kier alpha value is -2.20. The Morgan fingerprint density at radius 3 is 2.84 bits per heavy atom. The number of aryl methyl sites for hydroxylation is 1. The minimum Gasteiger partial charge on any atom is -0.279 e. The molecule has 4 aromatic heterocycles. The summed E-state index contributed by atoms with van der Waals surface area (Å²) >= 11 is 2.92. The number of nitrogens with one attached hydrogen (secondary N) is 1. The molecule has 0 aliphatic rings. The lowest BCUT2D eigenvalue weighted by atomic mass is 9.96. The quantitative estimate of drug-likeness (QED) is 0.553. The molecule has 0 bridgehead atoms. The topological polar surface area (TPSA) is 93.8 Å². The molecule has 0 saturated carbocycles. The molecule has 0 saturated heterocycles. The highest BCUT2D eigenvalue weighted by molar-refractivity contribution is 7.98. The third-order valence-electron chi connectivity index (χ3n) is 3.90. The number of fused-ring (bicyclic) bond motifs is 3. The van der Waals surface area contributed by atoms with Gasteiger partial charge in [0.15, 0.2) is 0 Å². The zero-order chi connectivity index (χ0) is 17.8. The molecule has 0 spiro atoms. The fraction of sp³-hybridized carbons (Fsp3) is 0.400. The molecule has 4 rings (SSSR count). The lowest BCUT2D eigenvalue weighted by Crippen LogP contribution is -2.19. The van der Waals surface area contributed by atoms with E-state index in [1.54, 1.807) is 7.05 Å². The van der Waals surface area contributed by atoms with Gasteiger partial charge in [0.2, 0.25) is 10.9 Å². The van der Waals surface area contributed by atoms with E-state index in [2.05, 4.69) is 46.1 Å². The van der Waals surface area contributed by atoms with Crippen molar-refractivity contribution in [1.29, 1.82) is 0 Å². The van der Waals surface area contributed by atoms with E-state index in [0.29, 0.717) is 21.4 Å². The minimum atomic E-state index is -0.0749. The van der Waals surface area contributed by atoms with Gasteiger partial charge >= 0.3 is 0 Å². The molecule has 1 N–H and O–H groups in total. The van der Waals surface area contributed by atoms with Gasteiger partial charge in [0.05, 0.1) is 11.3 Å². The van der Waals surface area contributed by atoms with Gasteiger partial charge in [0.1, 0.15) is 16.3 Å². The minimum absolute atomic E-state index is 0.0483. The maximum Gasteiger partial charge on any atom is 0.272 e. The fourth-order valence-corrected chi connectivity index (χ4v) is 4.08. The highest BCUT2D eigenvalue weighted by atomic mass is 32.2. The van der Waals surface area contributed by atoms with E-state index in [4.69, 9.17) is 0 Å². The van der Waals surface area contributed by atoms with E-state index in [0.717, 1.165) is 17.2 Å². The number of thiophene rings is 1. The molecule has 0 atom stereocenters. The first kappa shape index (κ1) is 16.3. The molecule has 4 heterocycles. The van der Waals surface area contributed by atoms with Gasteiger partial charge in [-0.25, -0.2) is 4.98 Å². The zero-order valence-electron chi connectivity index (χ0n) is 14.3. The molecule has 0 aliphatic carbocycles. The molecule has 0 unspecified atom stereocenters. The largest absolute Gasteiger partial charge is 0.279 e. The van der Waals surface area contributed by atoms with Gasteiger partial charge in [-0.3, -0.25) is 18.9 Å². The average Bonchev–Trinajstić information content (AvgIpc) is 3.26. The maximum absolute atomic E-state index is 12.4. The summed E-state index contributed by atoms with van der Waals surface area (Å²) in [5.41, 5.74) is 0.719.